The summed E-state index contributed by atoms with van der Waals surface area (Å²) in [6, 6.07) is 0. The van der Waals surface area contributed by atoms with E-state index in [1.165, 1.54) is 0 Å². The minimum atomic E-state index is -8.81. The van der Waals surface area contributed by atoms with Gasteiger partial charge in [-0.1, -0.05) is 51.9 Å². The SMILES string of the molecule is CCCCCCCCCC(CCC(F)(F)C(F)(F)C(F)(F)C(F)(F)C(F)(F)C(F)(F)C(F)(F)C(F)(F)F)OP(=O)([O-])OC[C@@H](O)[C@H](O)[C@H](O)[C@@H](O)C=O.[Na+]. The van der Waals surface area contributed by atoms with Crippen LogP contribution in [0.15, 0.2) is 0 Å². The number of alkyl halides is 17. The average Bonchev–Trinajstić information content (AvgIpc) is 3.03. The largest absolute Gasteiger partial charge is 1.00 e. The number of carbonyl (C=O) groups excluding carboxylic acids is 1. The monoisotopic (exact) mass is 868 g/mol. The van der Waals surface area contributed by atoms with Crippen LogP contribution in [0.25, 0.3) is 0 Å². The van der Waals surface area contributed by atoms with Crippen molar-refractivity contribution in [2.45, 2.75) is 149 Å². The van der Waals surface area contributed by atoms with Crippen LogP contribution in [0, 0.1) is 0 Å². The molecule has 0 saturated heterocycles. The molecule has 4 N–H and O–H groups in total. The Kier molecular flexibility index (Phi) is 21.0. The first-order chi connectivity index (χ1) is 23.6. The quantitative estimate of drug-likeness (QED) is 0.0337. The van der Waals surface area contributed by atoms with Gasteiger partial charge < -0.3 is 39.2 Å². The van der Waals surface area contributed by atoms with Gasteiger partial charge in [-0.15, -0.1) is 0 Å². The van der Waals surface area contributed by atoms with E-state index in [0.717, 1.165) is 12.8 Å². The summed E-state index contributed by atoms with van der Waals surface area (Å²) in [5.41, 5.74) is 0. The number of carbonyl (C=O) groups is 1. The summed E-state index contributed by atoms with van der Waals surface area (Å²) in [5.74, 6) is -57.9. The van der Waals surface area contributed by atoms with Gasteiger partial charge in [0.15, 0.2) is 6.29 Å². The maximum atomic E-state index is 14.5. The molecule has 0 aromatic carbocycles. The average molecular weight is 868 g/mol. The van der Waals surface area contributed by atoms with Gasteiger partial charge in [0, 0.05) is 6.42 Å². The molecule has 0 fully saturated rings. The number of phosphoric ester groups is 1. The van der Waals surface area contributed by atoms with Crippen molar-refractivity contribution in [1.82, 2.24) is 0 Å². The molecule has 0 spiro atoms. The second-order valence-electron chi connectivity index (χ2n) is 11.7. The van der Waals surface area contributed by atoms with Crippen LogP contribution in [0.2, 0.25) is 0 Å². The van der Waals surface area contributed by atoms with Gasteiger partial charge >= 0.3 is 77.2 Å². The molecule has 0 aliphatic heterocycles. The molecular weight excluding hydrogens is 833 g/mol. The Morgan fingerprint density at radius 1 is 0.630 bits per heavy atom. The number of unbranched alkanes of at least 4 members (excludes halogenated alkanes) is 6. The van der Waals surface area contributed by atoms with Gasteiger partial charge in [-0.25, -0.2) is 0 Å². The molecule has 0 radical (unpaired) electrons. The summed E-state index contributed by atoms with van der Waals surface area (Å²) >= 11 is 0. The van der Waals surface area contributed by atoms with E-state index in [4.69, 9.17) is 5.11 Å². The maximum absolute atomic E-state index is 14.5. The molecule has 0 aliphatic rings. The number of rotatable bonds is 26. The zero-order valence-corrected chi connectivity index (χ0v) is 30.8. The minimum absolute atomic E-state index is 0. The molecule has 0 heterocycles. The Labute approximate surface area is 317 Å². The van der Waals surface area contributed by atoms with Crippen LogP contribution in [-0.4, -0.2) is 111 Å². The maximum Gasteiger partial charge on any atom is 1.00 e. The van der Waals surface area contributed by atoms with E-state index in [9.17, 15) is 104 Å². The van der Waals surface area contributed by atoms with E-state index in [0.29, 0.717) is 19.3 Å². The Morgan fingerprint density at radius 3 is 1.46 bits per heavy atom. The van der Waals surface area contributed by atoms with Crippen molar-refractivity contribution in [2.75, 3.05) is 6.61 Å². The normalized spacial score (nSPS) is 18.3. The van der Waals surface area contributed by atoms with Crippen LogP contribution in [0.3, 0.4) is 0 Å². The molecule has 0 aliphatic carbocycles. The number of aldehydes is 1. The van der Waals surface area contributed by atoms with Gasteiger partial charge in [0.25, 0.3) is 7.82 Å². The van der Waals surface area contributed by atoms with E-state index in [1.54, 1.807) is 0 Å². The zero-order valence-electron chi connectivity index (χ0n) is 27.9. The van der Waals surface area contributed by atoms with E-state index >= 15 is 0 Å². The van der Waals surface area contributed by atoms with Gasteiger partial charge in [0.2, 0.25) is 0 Å². The van der Waals surface area contributed by atoms with Crippen LogP contribution < -0.4 is 34.5 Å². The second kappa shape index (κ2) is 20.4. The van der Waals surface area contributed by atoms with E-state index in [1.807, 2.05) is 6.92 Å². The Bertz CT molecular complexity index is 1200. The van der Waals surface area contributed by atoms with Gasteiger partial charge in [0.05, 0.1) is 12.7 Å². The Morgan fingerprint density at radius 2 is 1.04 bits per heavy atom. The van der Waals surface area contributed by atoms with Crippen molar-refractivity contribution in [2.24, 2.45) is 0 Å². The third-order valence-corrected chi connectivity index (χ3v) is 8.63. The summed E-state index contributed by atoms with van der Waals surface area (Å²) in [6.45, 7) is 0.224. The van der Waals surface area contributed by atoms with Crippen molar-refractivity contribution >= 4 is 14.1 Å². The summed E-state index contributed by atoms with van der Waals surface area (Å²) in [7, 11) is -6.01. The van der Waals surface area contributed by atoms with Crippen LogP contribution in [-0.2, 0) is 18.4 Å². The molecule has 54 heavy (non-hydrogen) atoms. The second-order valence-corrected chi connectivity index (χ2v) is 13.1. The van der Waals surface area contributed by atoms with Crippen LogP contribution in [0.4, 0.5) is 74.6 Å². The summed E-state index contributed by atoms with van der Waals surface area (Å²) in [4.78, 5) is 22.8. The van der Waals surface area contributed by atoms with Crippen molar-refractivity contribution in [3.8, 4) is 0 Å². The number of aliphatic hydroxyl groups excluding tert-OH is 4. The molecular formula is C26H35F17NaO9P. The van der Waals surface area contributed by atoms with E-state index < -0.39 is 112 Å². The Balaban J connectivity index is 0. The number of halogens is 17. The standard InChI is InChI=1S/C26H36F17O9P.Na/c1-2-3-4-5-6-7-8-9-14(52-53(49,50)51-13-16(46)18(48)17(47)15(45)12-44)10-11-19(27,28)20(29,30)21(31,32)22(33,34)23(35,36)24(37,38)25(39,40)26(41,42)43;/h12,14-18,45-48H,2-11,13H2,1H3,(H,49,50);/q;+1/p-1/t14?,15-,16+,17+,18-;/m0./s1. The first-order valence-electron chi connectivity index (χ1n) is 15.1. The molecule has 0 bridgehead atoms. The summed E-state index contributed by atoms with van der Waals surface area (Å²) in [5, 5.41) is 38.0. The number of aliphatic hydroxyl groups is 4. The number of hydrogen-bond acceptors (Lipinski definition) is 9. The minimum Gasteiger partial charge on any atom is -0.756 e. The molecule has 6 atom stereocenters. The fourth-order valence-electron chi connectivity index (χ4n) is 4.26. The van der Waals surface area contributed by atoms with Crippen LogP contribution >= 0.6 is 7.82 Å². The number of hydrogen-bond donors (Lipinski definition) is 4. The Hall–Kier alpha value is -0.570. The predicted octanol–water partition coefficient (Wildman–Crippen LogP) is 3.43. The molecule has 318 valence electrons. The molecule has 2 unspecified atom stereocenters. The summed E-state index contributed by atoms with van der Waals surface area (Å²) < 4.78 is 252. The van der Waals surface area contributed by atoms with Crippen molar-refractivity contribution in [1.29, 1.82) is 0 Å². The van der Waals surface area contributed by atoms with Crippen molar-refractivity contribution in [3.63, 3.8) is 0 Å². The fraction of sp³-hybridized carbons (Fsp3) is 0.962. The van der Waals surface area contributed by atoms with Crippen molar-refractivity contribution < 1.29 is 148 Å². The van der Waals surface area contributed by atoms with Crippen LogP contribution in [0.5, 0.6) is 0 Å². The molecule has 0 amide bonds. The zero-order chi connectivity index (χ0) is 42.3. The molecule has 0 aromatic rings. The van der Waals surface area contributed by atoms with Gasteiger partial charge in [-0.05, 0) is 12.8 Å². The predicted molar refractivity (Wildman–Crippen MR) is 141 cm³/mol. The smallest absolute Gasteiger partial charge is 0.756 e. The first-order valence-corrected chi connectivity index (χ1v) is 16.6. The summed E-state index contributed by atoms with van der Waals surface area (Å²) in [6.07, 6.45) is -23.2. The first kappa shape index (κ1) is 55.5. The van der Waals surface area contributed by atoms with E-state index in [2.05, 4.69) is 9.05 Å². The third-order valence-electron chi connectivity index (χ3n) is 7.61. The third kappa shape index (κ3) is 12.5. The van der Waals surface area contributed by atoms with Gasteiger partial charge in [-0.3, -0.25) is 4.57 Å². The molecule has 0 rings (SSSR count). The van der Waals surface area contributed by atoms with Crippen molar-refractivity contribution in [3.05, 3.63) is 0 Å². The molecule has 0 saturated carbocycles. The topological polar surface area (TPSA) is 157 Å². The fourth-order valence-corrected chi connectivity index (χ4v) is 5.24. The number of phosphoric acid groups is 1. The van der Waals surface area contributed by atoms with Gasteiger partial charge in [0.1, 0.15) is 24.4 Å². The van der Waals surface area contributed by atoms with Gasteiger partial charge in [-0.2, -0.15) is 74.6 Å². The molecule has 0 aromatic heterocycles. The van der Waals surface area contributed by atoms with Crippen LogP contribution in [0.1, 0.15) is 71.1 Å². The van der Waals surface area contributed by atoms with E-state index in [-0.39, 0.29) is 48.7 Å². The molecule has 9 nitrogen and oxygen atoms in total. The molecule has 28 heteroatoms.